The minimum absolute atomic E-state index is 0. The van der Waals surface area contributed by atoms with Crippen LogP contribution in [0.25, 0.3) is 0 Å². The van der Waals surface area contributed by atoms with Gasteiger partial charge >= 0.3 is 0 Å². The van der Waals surface area contributed by atoms with Crippen molar-refractivity contribution < 1.29 is 18.1 Å². The minimum atomic E-state index is -3.64. The highest BCUT2D eigenvalue weighted by Crippen LogP contribution is 2.20. The van der Waals surface area contributed by atoms with Crippen molar-refractivity contribution in [3.63, 3.8) is 0 Å². The average Bonchev–Trinajstić information content (AvgIpc) is 2.41. The number of hydrogen-bond donors (Lipinski definition) is 2. The molecule has 1 aromatic carbocycles. The lowest BCUT2D eigenvalue weighted by Crippen LogP contribution is -2.31. The Morgan fingerprint density at radius 3 is 2.41 bits per heavy atom. The van der Waals surface area contributed by atoms with Gasteiger partial charge in [-0.15, -0.1) is 12.4 Å². The van der Waals surface area contributed by atoms with Crippen LogP contribution in [-0.4, -0.2) is 45.1 Å². The number of amides is 1. The first-order valence-corrected chi connectivity index (χ1v) is 8.13. The van der Waals surface area contributed by atoms with E-state index in [1.807, 2.05) is 6.92 Å². The smallest absolute Gasteiger partial charge is 0.271 e. The Hall–Kier alpha value is -1.71. The molecule has 0 heterocycles. The molecule has 10 heteroatoms. The summed E-state index contributed by atoms with van der Waals surface area (Å²) >= 11 is 0. The molecule has 1 aromatic rings. The summed E-state index contributed by atoms with van der Waals surface area (Å²) in [7, 11) is -3.64. The van der Waals surface area contributed by atoms with Gasteiger partial charge in [0.05, 0.1) is 9.82 Å². The van der Waals surface area contributed by atoms with Gasteiger partial charge in [-0.25, -0.2) is 8.42 Å². The van der Waals surface area contributed by atoms with Gasteiger partial charge in [-0.3, -0.25) is 14.9 Å². The van der Waals surface area contributed by atoms with E-state index in [9.17, 15) is 23.3 Å². The predicted molar refractivity (Wildman–Crippen MR) is 84.3 cm³/mol. The number of benzene rings is 1. The van der Waals surface area contributed by atoms with Gasteiger partial charge in [0, 0.05) is 37.0 Å². The van der Waals surface area contributed by atoms with E-state index in [4.69, 9.17) is 0 Å². The second-order valence-corrected chi connectivity index (χ2v) is 6.37. The van der Waals surface area contributed by atoms with E-state index in [0.29, 0.717) is 13.1 Å². The average molecular weight is 352 g/mol. The molecule has 22 heavy (non-hydrogen) atoms. The molecule has 0 spiro atoms. The second-order valence-electron chi connectivity index (χ2n) is 4.35. The Balaban J connectivity index is 0.00000441. The van der Waals surface area contributed by atoms with Crippen LogP contribution in [0.3, 0.4) is 0 Å². The normalized spacial score (nSPS) is 10.6. The number of carbonyl (C=O) groups is 1. The number of likely N-dealkylation sites (N-methyl/N-ethyl adjacent to an activating group) is 1. The van der Waals surface area contributed by atoms with Crippen molar-refractivity contribution in [3.8, 4) is 0 Å². The van der Waals surface area contributed by atoms with Crippen LogP contribution in [0.1, 0.15) is 17.3 Å². The first-order valence-electron chi connectivity index (χ1n) is 6.24. The molecule has 8 nitrogen and oxygen atoms in total. The Bertz CT molecular complexity index is 648. The first-order chi connectivity index (χ1) is 9.75. The van der Waals surface area contributed by atoms with Crippen LogP contribution < -0.4 is 10.6 Å². The fourth-order valence-electron chi connectivity index (χ4n) is 1.58. The number of carbonyl (C=O) groups excluding carboxylic acids is 1. The maximum absolute atomic E-state index is 11.9. The summed E-state index contributed by atoms with van der Waals surface area (Å²) in [6.45, 7) is 3.56. The van der Waals surface area contributed by atoms with Gasteiger partial charge in [0.2, 0.25) is 0 Å². The summed E-state index contributed by atoms with van der Waals surface area (Å²) in [5, 5.41) is 16.4. The molecule has 0 unspecified atom stereocenters. The number of hydrogen-bond acceptors (Lipinski definition) is 6. The summed E-state index contributed by atoms with van der Waals surface area (Å²) in [5.74, 6) is -0.554. The van der Waals surface area contributed by atoms with Gasteiger partial charge in [0.1, 0.15) is 0 Å². The van der Waals surface area contributed by atoms with E-state index in [0.717, 1.165) is 31.0 Å². The highest BCUT2D eigenvalue weighted by molar-refractivity contribution is 7.90. The van der Waals surface area contributed by atoms with E-state index in [1.165, 1.54) is 0 Å². The van der Waals surface area contributed by atoms with Crippen molar-refractivity contribution in [2.45, 2.75) is 11.8 Å². The number of rotatable bonds is 7. The van der Waals surface area contributed by atoms with E-state index >= 15 is 0 Å². The molecule has 0 aromatic heterocycles. The van der Waals surface area contributed by atoms with Gasteiger partial charge in [0.15, 0.2) is 9.84 Å². The Morgan fingerprint density at radius 1 is 1.27 bits per heavy atom. The Kier molecular flexibility index (Phi) is 7.99. The van der Waals surface area contributed by atoms with Crippen molar-refractivity contribution in [3.05, 3.63) is 33.9 Å². The molecule has 1 rings (SSSR count). The SMILES string of the molecule is CCNCCNC(=O)c1cc([N+](=O)[O-])cc(S(C)(=O)=O)c1.Cl. The van der Waals surface area contributed by atoms with Gasteiger partial charge in [0.25, 0.3) is 11.6 Å². The molecular weight excluding hydrogens is 334 g/mol. The molecule has 0 saturated carbocycles. The van der Waals surface area contributed by atoms with Gasteiger partial charge in [-0.1, -0.05) is 6.92 Å². The molecule has 0 aliphatic carbocycles. The van der Waals surface area contributed by atoms with Gasteiger partial charge in [-0.2, -0.15) is 0 Å². The van der Waals surface area contributed by atoms with Crippen molar-refractivity contribution in [1.82, 2.24) is 10.6 Å². The number of non-ortho nitro benzene ring substituents is 1. The van der Waals surface area contributed by atoms with Crippen LogP contribution in [0.4, 0.5) is 5.69 Å². The van der Waals surface area contributed by atoms with Crippen LogP contribution in [0.2, 0.25) is 0 Å². The van der Waals surface area contributed by atoms with E-state index in [-0.39, 0.29) is 22.9 Å². The highest BCUT2D eigenvalue weighted by Gasteiger charge is 2.18. The minimum Gasteiger partial charge on any atom is -0.351 e. The molecule has 124 valence electrons. The third-order valence-corrected chi connectivity index (χ3v) is 3.72. The largest absolute Gasteiger partial charge is 0.351 e. The monoisotopic (exact) mass is 351 g/mol. The third kappa shape index (κ3) is 5.96. The zero-order valence-electron chi connectivity index (χ0n) is 12.2. The lowest BCUT2D eigenvalue weighted by atomic mass is 10.2. The summed E-state index contributed by atoms with van der Waals surface area (Å²) < 4.78 is 23.0. The number of nitro groups is 1. The molecule has 0 saturated heterocycles. The van der Waals surface area contributed by atoms with Crippen LogP contribution >= 0.6 is 12.4 Å². The number of halogens is 1. The lowest BCUT2D eigenvalue weighted by molar-refractivity contribution is -0.385. The van der Waals surface area contributed by atoms with Crippen molar-refractivity contribution in [2.75, 3.05) is 25.9 Å². The number of nitrogens with zero attached hydrogens (tertiary/aromatic N) is 1. The third-order valence-electron chi connectivity index (χ3n) is 2.63. The van der Waals surface area contributed by atoms with E-state index < -0.39 is 26.4 Å². The lowest BCUT2D eigenvalue weighted by Gasteiger charge is -2.07. The summed E-state index contributed by atoms with van der Waals surface area (Å²) in [6, 6.07) is 3.12. The van der Waals surface area contributed by atoms with Crippen molar-refractivity contribution >= 4 is 33.8 Å². The van der Waals surface area contributed by atoms with Crippen LogP contribution in [0.5, 0.6) is 0 Å². The van der Waals surface area contributed by atoms with Crippen molar-refractivity contribution in [1.29, 1.82) is 0 Å². The molecule has 2 N–H and O–H groups in total. The Morgan fingerprint density at radius 2 is 1.91 bits per heavy atom. The molecule has 0 aliphatic rings. The van der Waals surface area contributed by atoms with Gasteiger partial charge < -0.3 is 10.6 Å². The van der Waals surface area contributed by atoms with Gasteiger partial charge in [-0.05, 0) is 12.6 Å². The fourth-order valence-corrected chi connectivity index (χ4v) is 2.25. The maximum Gasteiger partial charge on any atom is 0.271 e. The quantitative estimate of drug-likeness (QED) is 0.425. The zero-order valence-corrected chi connectivity index (χ0v) is 13.8. The number of nitrogens with one attached hydrogen (secondary N) is 2. The standard InChI is InChI=1S/C12H17N3O5S.ClH/c1-3-13-4-5-14-12(16)9-6-10(15(17)18)8-11(7-9)21(2,19)20;/h6-8,13H,3-5H2,1-2H3,(H,14,16);1H. The van der Waals surface area contributed by atoms with E-state index in [2.05, 4.69) is 10.6 Å². The zero-order chi connectivity index (χ0) is 16.0. The molecule has 1 amide bonds. The topological polar surface area (TPSA) is 118 Å². The molecule has 0 bridgehead atoms. The van der Waals surface area contributed by atoms with Crippen LogP contribution in [-0.2, 0) is 9.84 Å². The summed E-state index contributed by atoms with van der Waals surface area (Å²) in [4.78, 5) is 21.7. The van der Waals surface area contributed by atoms with Crippen LogP contribution in [0.15, 0.2) is 23.1 Å². The van der Waals surface area contributed by atoms with Crippen molar-refractivity contribution in [2.24, 2.45) is 0 Å². The number of nitro benzene ring substituents is 1. The maximum atomic E-state index is 11.9. The van der Waals surface area contributed by atoms with Crippen LogP contribution in [0, 0.1) is 10.1 Å². The molecule has 0 fully saturated rings. The molecule has 0 aliphatic heterocycles. The molecular formula is C12H18ClN3O5S. The number of sulfone groups is 1. The fraction of sp³-hybridized carbons (Fsp3) is 0.417. The second kappa shape index (κ2) is 8.66. The van der Waals surface area contributed by atoms with E-state index in [1.54, 1.807) is 0 Å². The highest BCUT2D eigenvalue weighted by atomic mass is 35.5. The molecule has 0 radical (unpaired) electrons. The summed E-state index contributed by atoms with van der Waals surface area (Å²) in [5.41, 5.74) is -0.490. The Labute approximate surface area is 134 Å². The molecule has 0 atom stereocenters. The summed E-state index contributed by atoms with van der Waals surface area (Å²) in [6.07, 6.45) is 0.929. The first kappa shape index (κ1) is 20.3. The predicted octanol–water partition coefficient (Wildman–Crippen LogP) is 0.759.